The molecule has 17 heavy (non-hydrogen) atoms. The van der Waals surface area contributed by atoms with Crippen LogP contribution in [0, 0.1) is 5.82 Å². The van der Waals surface area contributed by atoms with E-state index in [-0.39, 0.29) is 23.5 Å². The minimum absolute atomic E-state index is 0.0667. The van der Waals surface area contributed by atoms with Crippen LogP contribution < -0.4 is 10.6 Å². The predicted octanol–water partition coefficient (Wildman–Crippen LogP) is 2.09. The molecular formula is C12H16ClFN2O. The van der Waals surface area contributed by atoms with Gasteiger partial charge in [-0.2, -0.15) is 0 Å². The summed E-state index contributed by atoms with van der Waals surface area (Å²) in [7, 11) is 0. The fraction of sp³-hybridized carbons (Fsp3) is 0.417. The zero-order chi connectivity index (χ0) is 12.8. The lowest BCUT2D eigenvalue weighted by Gasteiger charge is -2.09. The van der Waals surface area contributed by atoms with Gasteiger partial charge >= 0.3 is 0 Å². The van der Waals surface area contributed by atoms with Crippen LogP contribution in [0.1, 0.15) is 19.4 Å². The smallest absolute Gasteiger partial charge is 0.234 e. The number of carbonyl (C=O) groups is 1. The molecule has 0 bridgehead atoms. The van der Waals surface area contributed by atoms with Crippen LogP contribution in [0.2, 0.25) is 5.02 Å². The van der Waals surface area contributed by atoms with Crippen LogP contribution in [-0.2, 0) is 11.3 Å². The quantitative estimate of drug-likeness (QED) is 0.849. The second kappa shape index (κ2) is 6.57. The molecule has 0 heterocycles. The van der Waals surface area contributed by atoms with Gasteiger partial charge in [-0.15, -0.1) is 0 Å². The van der Waals surface area contributed by atoms with Crippen molar-refractivity contribution in [3.63, 3.8) is 0 Å². The molecule has 0 unspecified atom stereocenters. The monoisotopic (exact) mass is 258 g/mol. The van der Waals surface area contributed by atoms with Gasteiger partial charge in [0.1, 0.15) is 5.82 Å². The molecule has 1 rings (SSSR count). The van der Waals surface area contributed by atoms with Crippen LogP contribution in [-0.4, -0.2) is 18.5 Å². The lowest BCUT2D eigenvalue weighted by molar-refractivity contribution is -0.120. The highest BCUT2D eigenvalue weighted by Gasteiger charge is 2.04. The summed E-state index contributed by atoms with van der Waals surface area (Å²) in [6.45, 7) is 4.55. The Morgan fingerprint density at radius 1 is 1.47 bits per heavy atom. The van der Waals surface area contributed by atoms with Gasteiger partial charge in [0.2, 0.25) is 5.91 Å². The third kappa shape index (κ3) is 5.15. The van der Waals surface area contributed by atoms with Gasteiger partial charge in [0.15, 0.2) is 0 Å². The first-order valence-electron chi connectivity index (χ1n) is 5.43. The Morgan fingerprint density at radius 3 is 2.76 bits per heavy atom. The van der Waals surface area contributed by atoms with Gasteiger partial charge in [-0.05, 0) is 17.7 Å². The lowest BCUT2D eigenvalue weighted by atomic mass is 10.2. The zero-order valence-electron chi connectivity index (χ0n) is 9.89. The molecule has 0 aliphatic carbocycles. The highest BCUT2D eigenvalue weighted by atomic mass is 35.5. The van der Waals surface area contributed by atoms with Crippen molar-refractivity contribution >= 4 is 17.5 Å². The summed E-state index contributed by atoms with van der Waals surface area (Å²) in [6, 6.07) is 4.65. The largest absolute Gasteiger partial charge is 0.351 e. The molecule has 0 aromatic heterocycles. The van der Waals surface area contributed by atoms with Crippen molar-refractivity contribution in [2.24, 2.45) is 0 Å². The molecule has 0 aliphatic rings. The van der Waals surface area contributed by atoms with E-state index in [0.29, 0.717) is 6.54 Å². The number of rotatable bonds is 5. The van der Waals surface area contributed by atoms with Gasteiger partial charge in [-0.3, -0.25) is 4.79 Å². The summed E-state index contributed by atoms with van der Waals surface area (Å²) in [5, 5.41) is 5.79. The van der Waals surface area contributed by atoms with E-state index in [4.69, 9.17) is 11.6 Å². The van der Waals surface area contributed by atoms with Crippen molar-refractivity contribution < 1.29 is 9.18 Å². The summed E-state index contributed by atoms with van der Waals surface area (Å²) in [5.41, 5.74) is 0.772. The van der Waals surface area contributed by atoms with Crippen LogP contribution in [0.5, 0.6) is 0 Å². The average molecular weight is 259 g/mol. The van der Waals surface area contributed by atoms with Gasteiger partial charge in [-0.25, -0.2) is 4.39 Å². The Kier molecular flexibility index (Phi) is 5.38. The topological polar surface area (TPSA) is 41.1 Å². The molecule has 0 saturated carbocycles. The van der Waals surface area contributed by atoms with E-state index < -0.39 is 5.82 Å². The molecule has 5 heteroatoms. The van der Waals surface area contributed by atoms with Crippen LogP contribution in [0.3, 0.4) is 0 Å². The second-order valence-corrected chi connectivity index (χ2v) is 4.47. The Bertz CT molecular complexity index is 396. The predicted molar refractivity (Wildman–Crippen MR) is 66.4 cm³/mol. The molecule has 0 saturated heterocycles. The number of carbonyl (C=O) groups excluding carboxylic acids is 1. The molecule has 94 valence electrons. The van der Waals surface area contributed by atoms with E-state index in [2.05, 4.69) is 10.6 Å². The van der Waals surface area contributed by atoms with Gasteiger partial charge in [0.25, 0.3) is 0 Å². The Balaban J connectivity index is 2.39. The molecule has 1 amide bonds. The molecular weight excluding hydrogens is 243 g/mol. The lowest BCUT2D eigenvalue weighted by Crippen LogP contribution is -2.36. The van der Waals surface area contributed by atoms with Gasteiger partial charge < -0.3 is 10.6 Å². The molecule has 1 aromatic rings. The number of nitrogens with one attached hydrogen (secondary N) is 2. The SMILES string of the molecule is CC(C)NCC(=O)NCc1ccc(F)c(Cl)c1. The van der Waals surface area contributed by atoms with Gasteiger partial charge in [0.05, 0.1) is 11.6 Å². The molecule has 1 aromatic carbocycles. The van der Waals surface area contributed by atoms with Crippen molar-refractivity contribution in [2.75, 3.05) is 6.54 Å². The maximum atomic E-state index is 12.9. The van der Waals surface area contributed by atoms with Crippen molar-refractivity contribution in [2.45, 2.75) is 26.4 Å². The third-order valence-electron chi connectivity index (χ3n) is 2.14. The fourth-order valence-corrected chi connectivity index (χ4v) is 1.41. The molecule has 0 radical (unpaired) electrons. The number of halogens is 2. The highest BCUT2D eigenvalue weighted by molar-refractivity contribution is 6.30. The normalized spacial score (nSPS) is 10.6. The third-order valence-corrected chi connectivity index (χ3v) is 2.43. The van der Waals surface area contributed by atoms with E-state index in [1.807, 2.05) is 13.8 Å². The van der Waals surface area contributed by atoms with Crippen LogP contribution in [0.25, 0.3) is 0 Å². The molecule has 0 fully saturated rings. The summed E-state index contributed by atoms with van der Waals surface area (Å²) in [5.74, 6) is -0.553. The van der Waals surface area contributed by atoms with Crippen LogP contribution in [0.4, 0.5) is 4.39 Å². The second-order valence-electron chi connectivity index (χ2n) is 4.06. The Labute approximate surface area is 105 Å². The average Bonchev–Trinajstić information content (AvgIpc) is 2.28. The number of amides is 1. The first-order chi connectivity index (χ1) is 7.99. The van der Waals surface area contributed by atoms with Crippen molar-refractivity contribution in [3.05, 3.63) is 34.6 Å². The van der Waals surface area contributed by atoms with Crippen molar-refractivity contribution in [3.8, 4) is 0 Å². The molecule has 2 N–H and O–H groups in total. The maximum absolute atomic E-state index is 12.9. The highest BCUT2D eigenvalue weighted by Crippen LogP contribution is 2.15. The van der Waals surface area contributed by atoms with E-state index in [9.17, 15) is 9.18 Å². The maximum Gasteiger partial charge on any atom is 0.234 e. The number of hydrogen-bond acceptors (Lipinski definition) is 2. The first kappa shape index (κ1) is 13.9. The Morgan fingerprint density at radius 2 is 2.18 bits per heavy atom. The van der Waals surface area contributed by atoms with E-state index in [0.717, 1.165) is 5.56 Å². The first-order valence-corrected chi connectivity index (χ1v) is 5.81. The molecule has 0 aliphatic heterocycles. The van der Waals surface area contributed by atoms with Gasteiger partial charge in [-0.1, -0.05) is 31.5 Å². The zero-order valence-corrected chi connectivity index (χ0v) is 10.6. The van der Waals surface area contributed by atoms with Crippen molar-refractivity contribution in [1.29, 1.82) is 0 Å². The molecule has 0 spiro atoms. The summed E-state index contributed by atoms with van der Waals surface area (Å²) >= 11 is 5.63. The standard InChI is InChI=1S/C12H16ClFN2O/c1-8(2)15-7-12(17)16-6-9-3-4-11(14)10(13)5-9/h3-5,8,15H,6-7H2,1-2H3,(H,16,17). The van der Waals surface area contributed by atoms with Crippen LogP contribution >= 0.6 is 11.6 Å². The summed E-state index contributed by atoms with van der Waals surface area (Å²) < 4.78 is 12.9. The number of hydrogen-bond donors (Lipinski definition) is 2. The minimum Gasteiger partial charge on any atom is -0.351 e. The number of benzene rings is 1. The molecule has 3 nitrogen and oxygen atoms in total. The summed E-state index contributed by atoms with van der Waals surface area (Å²) in [6.07, 6.45) is 0. The van der Waals surface area contributed by atoms with E-state index in [1.165, 1.54) is 12.1 Å². The molecule has 0 atom stereocenters. The summed E-state index contributed by atoms with van der Waals surface area (Å²) in [4.78, 5) is 11.4. The Hall–Kier alpha value is -1.13. The van der Waals surface area contributed by atoms with Gasteiger partial charge in [0, 0.05) is 12.6 Å². The van der Waals surface area contributed by atoms with Crippen LogP contribution in [0.15, 0.2) is 18.2 Å². The minimum atomic E-state index is -0.455. The van der Waals surface area contributed by atoms with E-state index in [1.54, 1.807) is 6.07 Å². The van der Waals surface area contributed by atoms with E-state index >= 15 is 0 Å². The van der Waals surface area contributed by atoms with Crippen molar-refractivity contribution in [1.82, 2.24) is 10.6 Å². The fourth-order valence-electron chi connectivity index (χ4n) is 1.21.